The van der Waals surface area contributed by atoms with Gasteiger partial charge in [-0.25, -0.2) is 4.79 Å². The molecule has 0 heterocycles. The Bertz CT molecular complexity index is 758. The van der Waals surface area contributed by atoms with Crippen molar-refractivity contribution in [2.24, 2.45) is 0 Å². The number of carbonyl (C=O) groups excluding carboxylic acids is 2. The lowest BCUT2D eigenvalue weighted by Gasteiger charge is -2.13. The predicted octanol–water partition coefficient (Wildman–Crippen LogP) is 2.78. The predicted molar refractivity (Wildman–Crippen MR) is 106 cm³/mol. The number of amides is 2. The number of alkyl carbamates (subject to hydrolysis) is 1. The summed E-state index contributed by atoms with van der Waals surface area (Å²) in [5, 5.41) is 5.24. The van der Waals surface area contributed by atoms with E-state index in [1.54, 1.807) is 6.92 Å². The second kappa shape index (κ2) is 10.3. The zero-order chi connectivity index (χ0) is 19.6. The van der Waals surface area contributed by atoms with Gasteiger partial charge in [0.2, 0.25) is 5.91 Å². The first-order valence-corrected chi connectivity index (χ1v) is 8.99. The normalized spacial score (nSPS) is 10.5. The zero-order valence-electron chi connectivity index (χ0n) is 16.1. The maximum atomic E-state index is 11.9. The van der Waals surface area contributed by atoms with Gasteiger partial charge in [-0.15, -0.1) is 0 Å². The first-order chi connectivity index (χ1) is 13.0. The number of nitrogens with zero attached hydrogens (tertiary/aromatic N) is 1. The SMILES string of the molecule is CCOC(=O)NCC(=O)NCc1ccccc1-c1ccc(CN(C)C)cc1. The van der Waals surface area contributed by atoms with Gasteiger partial charge in [-0.05, 0) is 43.3 Å². The Morgan fingerprint density at radius 2 is 1.70 bits per heavy atom. The van der Waals surface area contributed by atoms with Crippen molar-refractivity contribution in [3.63, 3.8) is 0 Å². The molecule has 2 N–H and O–H groups in total. The summed E-state index contributed by atoms with van der Waals surface area (Å²) < 4.78 is 4.73. The van der Waals surface area contributed by atoms with Crippen molar-refractivity contribution < 1.29 is 14.3 Å². The van der Waals surface area contributed by atoms with Crippen LogP contribution in [0.1, 0.15) is 18.1 Å². The van der Waals surface area contributed by atoms with Crippen LogP contribution in [0.15, 0.2) is 48.5 Å². The van der Waals surface area contributed by atoms with Gasteiger partial charge in [0.25, 0.3) is 0 Å². The second-order valence-electron chi connectivity index (χ2n) is 6.44. The van der Waals surface area contributed by atoms with Gasteiger partial charge in [0, 0.05) is 13.1 Å². The average molecular weight is 369 g/mol. The summed E-state index contributed by atoms with van der Waals surface area (Å²) in [6, 6.07) is 16.4. The number of carbonyl (C=O) groups is 2. The van der Waals surface area contributed by atoms with Crippen molar-refractivity contribution in [3.05, 3.63) is 59.7 Å². The first-order valence-electron chi connectivity index (χ1n) is 8.99. The molecule has 2 amide bonds. The molecule has 2 aromatic carbocycles. The molecule has 0 saturated heterocycles. The highest BCUT2D eigenvalue weighted by molar-refractivity contribution is 5.82. The summed E-state index contributed by atoms with van der Waals surface area (Å²) in [5.74, 6) is -0.265. The molecule has 0 aliphatic heterocycles. The third-order valence-electron chi connectivity index (χ3n) is 3.93. The number of rotatable bonds is 8. The molecule has 0 aromatic heterocycles. The number of hydrogen-bond donors (Lipinski definition) is 2. The lowest BCUT2D eigenvalue weighted by Crippen LogP contribution is -2.36. The Hall–Kier alpha value is -2.86. The van der Waals surface area contributed by atoms with Crippen LogP contribution in [0, 0.1) is 0 Å². The second-order valence-corrected chi connectivity index (χ2v) is 6.44. The Balaban J connectivity index is 1.99. The summed E-state index contributed by atoms with van der Waals surface area (Å²) in [5.41, 5.74) is 4.45. The fourth-order valence-electron chi connectivity index (χ4n) is 2.70. The van der Waals surface area contributed by atoms with Crippen LogP contribution in [-0.4, -0.2) is 44.1 Å². The highest BCUT2D eigenvalue weighted by Crippen LogP contribution is 2.24. The monoisotopic (exact) mass is 369 g/mol. The Kier molecular flexibility index (Phi) is 7.82. The minimum atomic E-state index is -0.592. The van der Waals surface area contributed by atoms with Crippen molar-refractivity contribution in [1.29, 1.82) is 0 Å². The van der Waals surface area contributed by atoms with E-state index in [1.165, 1.54) is 5.56 Å². The Morgan fingerprint density at radius 1 is 1.00 bits per heavy atom. The lowest BCUT2D eigenvalue weighted by atomic mass is 9.98. The Morgan fingerprint density at radius 3 is 2.37 bits per heavy atom. The quantitative estimate of drug-likeness (QED) is 0.751. The van der Waals surface area contributed by atoms with Crippen LogP contribution in [-0.2, 0) is 22.6 Å². The number of ether oxygens (including phenoxy) is 1. The summed E-state index contributed by atoms with van der Waals surface area (Å²) in [7, 11) is 4.09. The van der Waals surface area contributed by atoms with E-state index in [0.29, 0.717) is 6.54 Å². The molecular formula is C21H27N3O3. The van der Waals surface area contributed by atoms with E-state index in [0.717, 1.165) is 23.2 Å². The van der Waals surface area contributed by atoms with E-state index in [4.69, 9.17) is 4.74 Å². The van der Waals surface area contributed by atoms with Crippen LogP contribution in [0.4, 0.5) is 4.79 Å². The van der Waals surface area contributed by atoms with Crippen molar-refractivity contribution >= 4 is 12.0 Å². The Labute approximate surface area is 160 Å². The molecule has 6 nitrogen and oxygen atoms in total. The van der Waals surface area contributed by atoms with Gasteiger partial charge in [0.05, 0.1) is 6.61 Å². The highest BCUT2D eigenvalue weighted by atomic mass is 16.5. The van der Waals surface area contributed by atoms with Crippen molar-refractivity contribution in [1.82, 2.24) is 15.5 Å². The fraction of sp³-hybridized carbons (Fsp3) is 0.333. The number of hydrogen-bond acceptors (Lipinski definition) is 4. The van der Waals surface area contributed by atoms with Gasteiger partial charge in [0.15, 0.2) is 0 Å². The molecule has 0 atom stereocenters. The minimum Gasteiger partial charge on any atom is -0.450 e. The van der Waals surface area contributed by atoms with Crippen LogP contribution in [0.3, 0.4) is 0 Å². The standard InChI is InChI=1S/C21H27N3O3/c1-4-27-21(26)23-14-20(25)22-13-18-7-5-6-8-19(18)17-11-9-16(10-12-17)15-24(2)3/h5-12H,4,13-15H2,1-3H3,(H,22,25)(H,23,26). The third-order valence-corrected chi connectivity index (χ3v) is 3.93. The van der Waals surface area contributed by atoms with Crippen LogP contribution >= 0.6 is 0 Å². The fourth-order valence-corrected chi connectivity index (χ4v) is 2.70. The molecule has 0 fully saturated rings. The largest absolute Gasteiger partial charge is 0.450 e. The summed E-state index contributed by atoms with van der Waals surface area (Å²) in [6.07, 6.45) is -0.592. The zero-order valence-corrected chi connectivity index (χ0v) is 16.1. The minimum absolute atomic E-state index is 0.111. The molecule has 6 heteroatoms. The van der Waals surface area contributed by atoms with Crippen LogP contribution in [0.25, 0.3) is 11.1 Å². The van der Waals surface area contributed by atoms with E-state index in [1.807, 2.05) is 38.4 Å². The molecule has 0 aliphatic carbocycles. The van der Waals surface area contributed by atoms with Crippen molar-refractivity contribution in [3.8, 4) is 11.1 Å². The number of benzene rings is 2. The van der Waals surface area contributed by atoms with E-state index in [2.05, 4.69) is 39.8 Å². The molecule has 0 aliphatic rings. The van der Waals surface area contributed by atoms with Gasteiger partial charge in [-0.3, -0.25) is 4.79 Å². The van der Waals surface area contributed by atoms with E-state index in [9.17, 15) is 9.59 Å². The third kappa shape index (κ3) is 6.75. The van der Waals surface area contributed by atoms with Gasteiger partial charge in [0.1, 0.15) is 6.54 Å². The van der Waals surface area contributed by atoms with Gasteiger partial charge < -0.3 is 20.3 Å². The molecule has 2 rings (SSSR count). The van der Waals surface area contributed by atoms with Gasteiger partial charge >= 0.3 is 6.09 Å². The molecule has 0 unspecified atom stereocenters. The van der Waals surface area contributed by atoms with E-state index < -0.39 is 6.09 Å². The summed E-state index contributed by atoms with van der Waals surface area (Å²) in [4.78, 5) is 25.3. The molecule has 0 saturated carbocycles. The van der Waals surface area contributed by atoms with Gasteiger partial charge in [-0.2, -0.15) is 0 Å². The van der Waals surface area contributed by atoms with E-state index >= 15 is 0 Å². The summed E-state index contributed by atoms with van der Waals surface area (Å²) >= 11 is 0. The average Bonchev–Trinajstić information content (AvgIpc) is 2.65. The molecule has 0 bridgehead atoms. The van der Waals surface area contributed by atoms with Crippen molar-refractivity contribution in [2.75, 3.05) is 27.2 Å². The van der Waals surface area contributed by atoms with Crippen LogP contribution < -0.4 is 10.6 Å². The topological polar surface area (TPSA) is 70.7 Å². The molecule has 0 radical (unpaired) electrons. The molecule has 2 aromatic rings. The van der Waals surface area contributed by atoms with E-state index in [-0.39, 0.29) is 19.1 Å². The smallest absolute Gasteiger partial charge is 0.407 e. The maximum Gasteiger partial charge on any atom is 0.407 e. The highest BCUT2D eigenvalue weighted by Gasteiger charge is 2.08. The van der Waals surface area contributed by atoms with Gasteiger partial charge in [-0.1, -0.05) is 48.5 Å². The molecule has 144 valence electrons. The molecule has 27 heavy (non-hydrogen) atoms. The van der Waals surface area contributed by atoms with Crippen LogP contribution in [0.2, 0.25) is 0 Å². The number of nitrogens with one attached hydrogen (secondary N) is 2. The van der Waals surface area contributed by atoms with Crippen molar-refractivity contribution in [2.45, 2.75) is 20.0 Å². The lowest BCUT2D eigenvalue weighted by molar-refractivity contribution is -0.120. The van der Waals surface area contributed by atoms with Crippen LogP contribution in [0.5, 0.6) is 0 Å². The molecule has 0 spiro atoms. The maximum absolute atomic E-state index is 11.9. The summed E-state index contributed by atoms with van der Waals surface area (Å²) in [6.45, 7) is 3.16. The first kappa shape index (κ1) is 20.5. The molecular weight excluding hydrogens is 342 g/mol.